The number of carbonyl (C=O) groups is 1. The summed E-state index contributed by atoms with van der Waals surface area (Å²) in [6, 6.07) is 0. The monoisotopic (exact) mass is 230 g/mol. The molecule has 0 amide bonds. The highest BCUT2D eigenvalue weighted by atomic mass is 16.5. The maximum atomic E-state index is 11.3. The summed E-state index contributed by atoms with van der Waals surface area (Å²) in [6.45, 7) is 11.9. The molecule has 0 aliphatic rings. The minimum atomic E-state index is -0.438. The van der Waals surface area contributed by atoms with E-state index in [1.165, 1.54) is 0 Å². The summed E-state index contributed by atoms with van der Waals surface area (Å²) in [7, 11) is 0. The molecule has 1 atom stereocenters. The second kappa shape index (κ2) is 6.24. The van der Waals surface area contributed by atoms with Gasteiger partial charge in [-0.2, -0.15) is 0 Å². The zero-order chi connectivity index (χ0) is 12.9. The van der Waals surface area contributed by atoms with Gasteiger partial charge in [0.2, 0.25) is 0 Å². The van der Waals surface area contributed by atoms with E-state index in [4.69, 9.17) is 4.74 Å². The average Bonchev–Trinajstić information content (AvgIpc) is 2.12. The van der Waals surface area contributed by atoms with Crippen LogP contribution < -0.4 is 0 Å². The van der Waals surface area contributed by atoms with Crippen molar-refractivity contribution in [2.75, 3.05) is 6.61 Å². The molecule has 3 nitrogen and oxygen atoms in total. The molecule has 0 aromatic carbocycles. The molecule has 0 spiro atoms. The molecule has 0 fully saturated rings. The van der Waals surface area contributed by atoms with E-state index in [-0.39, 0.29) is 23.9 Å². The summed E-state index contributed by atoms with van der Waals surface area (Å²) in [5.41, 5.74) is -0.380. The highest BCUT2D eigenvalue weighted by molar-refractivity contribution is 5.71. The van der Waals surface area contributed by atoms with Crippen molar-refractivity contribution in [2.24, 2.45) is 17.3 Å². The predicted octanol–water partition coefficient (Wildman–Crippen LogP) is 2.62. The van der Waals surface area contributed by atoms with Gasteiger partial charge in [-0.05, 0) is 12.3 Å². The first-order valence-electron chi connectivity index (χ1n) is 6.01. The van der Waals surface area contributed by atoms with Crippen molar-refractivity contribution in [3.05, 3.63) is 0 Å². The number of esters is 1. The number of hydrogen-bond acceptors (Lipinski definition) is 3. The Hall–Kier alpha value is -0.570. The molecule has 0 aliphatic heterocycles. The zero-order valence-corrected chi connectivity index (χ0v) is 11.4. The van der Waals surface area contributed by atoms with Crippen LogP contribution in [0.3, 0.4) is 0 Å². The lowest BCUT2D eigenvalue weighted by Gasteiger charge is -2.31. The van der Waals surface area contributed by atoms with Crippen LogP contribution in [-0.2, 0) is 9.53 Å². The molecule has 0 aliphatic carbocycles. The molecule has 3 heteroatoms. The summed E-state index contributed by atoms with van der Waals surface area (Å²) < 4.78 is 5.17. The van der Waals surface area contributed by atoms with Crippen molar-refractivity contribution in [1.29, 1.82) is 0 Å². The maximum Gasteiger partial charge on any atom is 0.308 e. The van der Waals surface area contributed by atoms with Crippen LogP contribution in [0.1, 0.15) is 48.0 Å². The molecular weight excluding hydrogens is 204 g/mol. The van der Waals surface area contributed by atoms with E-state index in [0.717, 1.165) is 6.42 Å². The van der Waals surface area contributed by atoms with Crippen molar-refractivity contribution in [2.45, 2.75) is 54.1 Å². The Morgan fingerprint density at radius 3 is 2.12 bits per heavy atom. The predicted molar refractivity (Wildman–Crippen MR) is 65.0 cm³/mol. The topological polar surface area (TPSA) is 46.5 Å². The molecule has 0 heterocycles. The molecule has 1 unspecified atom stereocenters. The van der Waals surface area contributed by atoms with Gasteiger partial charge in [-0.3, -0.25) is 4.79 Å². The summed E-state index contributed by atoms with van der Waals surface area (Å²) in [6.07, 6.45) is 0.291. The molecule has 0 saturated carbocycles. The molecule has 0 aromatic rings. The molecular formula is C13H26O3. The van der Waals surface area contributed by atoms with E-state index >= 15 is 0 Å². The molecule has 16 heavy (non-hydrogen) atoms. The summed E-state index contributed by atoms with van der Waals surface area (Å²) in [5.74, 6) is 0.123. The lowest BCUT2D eigenvalue weighted by atomic mass is 9.83. The number of aliphatic hydroxyl groups is 1. The van der Waals surface area contributed by atoms with Crippen molar-refractivity contribution < 1.29 is 14.6 Å². The Morgan fingerprint density at radius 1 is 1.25 bits per heavy atom. The number of ether oxygens (including phenoxy) is 1. The highest BCUT2D eigenvalue weighted by Crippen LogP contribution is 2.26. The van der Waals surface area contributed by atoms with Gasteiger partial charge in [0.05, 0.1) is 18.6 Å². The Balaban J connectivity index is 4.18. The van der Waals surface area contributed by atoms with Gasteiger partial charge in [-0.1, -0.05) is 41.5 Å². The first-order valence-corrected chi connectivity index (χ1v) is 6.01. The van der Waals surface area contributed by atoms with Crippen LogP contribution in [0.4, 0.5) is 0 Å². The maximum absolute atomic E-state index is 11.3. The molecule has 0 radical (unpaired) electrons. The third kappa shape index (κ3) is 5.50. The second-order valence-electron chi connectivity index (χ2n) is 5.90. The van der Waals surface area contributed by atoms with Gasteiger partial charge in [0, 0.05) is 5.41 Å². The fraction of sp³-hybridized carbons (Fsp3) is 0.923. The number of rotatable bonds is 6. The van der Waals surface area contributed by atoms with Gasteiger partial charge >= 0.3 is 5.97 Å². The van der Waals surface area contributed by atoms with Crippen LogP contribution >= 0.6 is 0 Å². The quantitative estimate of drug-likeness (QED) is 0.713. The third-order valence-electron chi connectivity index (χ3n) is 2.65. The summed E-state index contributed by atoms with van der Waals surface area (Å²) in [5, 5.41) is 10.0. The van der Waals surface area contributed by atoms with Gasteiger partial charge in [0.15, 0.2) is 0 Å². The van der Waals surface area contributed by atoms with Crippen molar-refractivity contribution in [3.8, 4) is 0 Å². The van der Waals surface area contributed by atoms with E-state index in [1.54, 1.807) is 13.8 Å². The Labute approximate surface area is 99.2 Å². The first-order chi connectivity index (χ1) is 7.16. The van der Waals surface area contributed by atoms with E-state index < -0.39 is 6.10 Å². The van der Waals surface area contributed by atoms with E-state index in [2.05, 4.69) is 13.8 Å². The van der Waals surface area contributed by atoms with Crippen LogP contribution in [0.15, 0.2) is 0 Å². The summed E-state index contributed by atoms with van der Waals surface area (Å²) in [4.78, 5) is 11.3. The average molecular weight is 230 g/mol. The van der Waals surface area contributed by atoms with Crippen LogP contribution in [0.25, 0.3) is 0 Å². The second-order valence-corrected chi connectivity index (χ2v) is 5.90. The van der Waals surface area contributed by atoms with Crippen molar-refractivity contribution in [1.82, 2.24) is 0 Å². The Kier molecular flexibility index (Phi) is 6.01. The van der Waals surface area contributed by atoms with Gasteiger partial charge in [0.1, 0.15) is 0 Å². The Morgan fingerprint density at radius 2 is 1.75 bits per heavy atom. The lowest BCUT2D eigenvalue weighted by Crippen LogP contribution is -2.36. The fourth-order valence-corrected chi connectivity index (χ4v) is 1.29. The number of aliphatic hydroxyl groups excluding tert-OH is 1. The third-order valence-corrected chi connectivity index (χ3v) is 2.65. The first kappa shape index (κ1) is 15.4. The minimum Gasteiger partial charge on any atom is -0.465 e. The molecule has 96 valence electrons. The zero-order valence-electron chi connectivity index (χ0n) is 11.4. The molecule has 0 bridgehead atoms. The fourth-order valence-electron chi connectivity index (χ4n) is 1.29. The van der Waals surface area contributed by atoms with Crippen LogP contribution in [0, 0.1) is 17.3 Å². The molecule has 0 rings (SSSR count). The van der Waals surface area contributed by atoms with E-state index in [9.17, 15) is 9.90 Å². The minimum absolute atomic E-state index is 0.113. The largest absolute Gasteiger partial charge is 0.465 e. The molecule has 1 N–H and O–H groups in total. The molecule has 0 aromatic heterocycles. The van der Waals surface area contributed by atoms with Gasteiger partial charge in [-0.15, -0.1) is 0 Å². The van der Waals surface area contributed by atoms with Crippen molar-refractivity contribution >= 4 is 5.97 Å². The summed E-state index contributed by atoms with van der Waals surface area (Å²) >= 11 is 0. The number of hydrogen-bond donors (Lipinski definition) is 1. The van der Waals surface area contributed by atoms with Crippen LogP contribution in [-0.4, -0.2) is 23.8 Å². The van der Waals surface area contributed by atoms with E-state index in [1.807, 2.05) is 13.8 Å². The highest BCUT2D eigenvalue weighted by Gasteiger charge is 2.30. The normalized spacial score (nSPS) is 14.3. The SMILES string of the molecule is CC(C)CC(O)C(C)(C)COC(=O)C(C)C. The smallest absolute Gasteiger partial charge is 0.308 e. The van der Waals surface area contributed by atoms with Gasteiger partial charge in [-0.25, -0.2) is 0 Å². The number of carbonyl (C=O) groups excluding carboxylic acids is 1. The molecule has 0 saturated heterocycles. The lowest BCUT2D eigenvalue weighted by molar-refractivity contribution is -0.153. The van der Waals surface area contributed by atoms with E-state index in [0.29, 0.717) is 5.92 Å². The van der Waals surface area contributed by atoms with Crippen LogP contribution in [0.2, 0.25) is 0 Å². The van der Waals surface area contributed by atoms with Crippen LogP contribution in [0.5, 0.6) is 0 Å². The Bertz CT molecular complexity index is 219. The van der Waals surface area contributed by atoms with Gasteiger partial charge < -0.3 is 9.84 Å². The van der Waals surface area contributed by atoms with Gasteiger partial charge in [0.25, 0.3) is 0 Å². The standard InChI is InChI=1S/C13H26O3/c1-9(2)7-11(14)13(5,6)8-16-12(15)10(3)4/h9-11,14H,7-8H2,1-6H3. The van der Waals surface area contributed by atoms with Crippen molar-refractivity contribution in [3.63, 3.8) is 0 Å².